The van der Waals surface area contributed by atoms with Crippen LogP contribution < -0.4 is 0 Å². The molecule has 0 radical (unpaired) electrons. The molecule has 1 fully saturated rings. The summed E-state index contributed by atoms with van der Waals surface area (Å²) in [5.74, 6) is 1.35. The molecule has 0 spiro atoms. The van der Waals surface area contributed by atoms with Gasteiger partial charge in [0.05, 0.1) is 0 Å². The molecule has 1 aliphatic heterocycles. The molecule has 4 rings (SSSR count). The Kier molecular flexibility index (Phi) is 3.59. The third-order valence-electron chi connectivity index (χ3n) is 4.73. The van der Waals surface area contributed by atoms with Crippen LogP contribution in [0.15, 0.2) is 33.2 Å². The highest BCUT2D eigenvalue weighted by Crippen LogP contribution is 2.31. The minimum atomic E-state index is -0.200. The van der Waals surface area contributed by atoms with Gasteiger partial charge in [0.2, 0.25) is 5.82 Å². The first-order valence-corrected chi connectivity index (χ1v) is 8.25. The van der Waals surface area contributed by atoms with Crippen molar-refractivity contribution >= 4 is 16.9 Å². The van der Waals surface area contributed by atoms with E-state index in [0.717, 1.165) is 42.5 Å². The van der Waals surface area contributed by atoms with Crippen LogP contribution in [0.2, 0.25) is 0 Å². The van der Waals surface area contributed by atoms with Gasteiger partial charge in [0.1, 0.15) is 5.58 Å². The van der Waals surface area contributed by atoms with Crippen molar-refractivity contribution in [3.05, 3.63) is 35.7 Å². The van der Waals surface area contributed by atoms with Crippen LogP contribution in [0.25, 0.3) is 22.6 Å². The zero-order valence-electron chi connectivity index (χ0n) is 13.8. The van der Waals surface area contributed by atoms with Crippen molar-refractivity contribution in [1.29, 1.82) is 0 Å². The van der Waals surface area contributed by atoms with E-state index >= 15 is 0 Å². The van der Waals surface area contributed by atoms with Gasteiger partial charge in [-0.25, -0.2) is 0 Å². The summed E-state index contributed by atoms with van der Waals surface area (Å²) in [6, 6.07) is 7.75. The van der Waals surface area contributed by atoms with Gasteiger partial charge < -0.3 is 13.8 Å². The van der Waals surface area contributed by atoms with Gasteiger partial charge in [-0.05, 0) is 31.7 Å². The molecule has 0 aliphatic carbocycles. The molecule has 0 bridgehead atoms. The number of para-hydroxylation sites is 1. The van der Waals surface area contributed by atoms with Crippen LogP contribution >= 0.6 is 0 Å². The second-order valence-corrected chi connectivity index (χ2v) is 6.45. The number of furan rings is 1. The molecule has 1 saturated heterocycles. The van der Waals surface area contributed by atoms with Gasteiger partial charge in [-0.2, -0.15) is 4.98 Å². The molecule has 124 valence electrons. The van der Waals surface area contributed by atoms with E-state index in [1.54, 1.807) is 4.90 Å². The van der Waals surface area contributed by atoms with Crippen LogP contribution in [0.3, 0.4) is 0 Å². The third-order valence-corrected chi connectivity index (χ3v) is 4.73. The second kappa shape index (κ2) is 5.78. The van der Waals surface area contributed by atoms with E-state index in [4.69, 9.17) is 8.94 Å². The maximum absolute atomic E-state index is 12.5. The molecule has 1 aliphatic rings. The summed E-state index contributed by atoms with van der Waals surface area (Å²) in [5.41, 5.74) is 1.71. The number of benzene rings is 1. The molecule has 3 aromatic rings. The number of fused-ring (bicyclic) bond motifs is 1. The summed E-state index contributed by atoms with van der Waals surface area (Å²) in [5, 5.41) is 4.96. The lowest BCUT2D eigenvalue weighted by Gasteiger charge is -2.28. The Morgan fingerprint density at radius 2 is 2.00 bits per heavy atom. The van der Waals surface area contributed by atoms with Gasteiger partial charge in [0, 0.05) is 24.0 Å². The Morgan fingerprint density at radius 1 is 1.25 bits per heavy atom. The van der Waals surface area contributed by atoms with Crippen molar-refractivity contribution in [3.8, 4) is 11.6 Å². The standard InChI is InChI=1S/C18H19N3O3/c1-11-7-9-21(10-8-11)18(22)17-19-16(20-24-17)15-12(2)13-5-3-4-6-14(13)23-15/h3-6,11H,7-10H2,1-2H3. The fraction of sp³-hybridized carbons (Fsp3) is 0.389. The van der Waals surface area contributed by atoms with E-state index in [2.05, 4.69) is 17.1 Å². The number of nitrogens with zero attached hydrogens (tertiary/aromatic N) is 3. The van der Waals surface area contributed by atoms with Crippen molar-refractivity contribution in [2.75, 3.05) is 13.1 Å². The number of carbonyl (C=O) groups is 1. The Balaban J connectivity index is 1.62. The molecule has 1 aromatic carbocycles. The summed E-state index contributed by atoms with van der Waals surface area (Å²) < 4.78 is 11.0. The number of aryl methyl sites for hydroxylation is 1. The third kappa shape index (κ3) is 2.48. The van der Waals surface area contributed by atoms with Crippen LogP contribution in [0.1, 0.15) is 36.0 Å². The normalized spacial score (nSPS) is 16.0. The van der Waals surface area contributed by atoms with Gasteiger partial charge in [0.25, 0.3) is 0 Å². The quantitative estimate of drug-likeness (QED) is 0.719. The zero-order chi connectivity index (χ0) is 16.7. The molecule has 1 amide bonds. The first-order valence-electron chi connectivity index (χ1n) is 8.25. The smallest absolute Gasteiger partial charge is 0.316 e. The molecular formula is C18H19N3O3. The number of piperidine rings is 1. The number of aromatic nitrogens is 2. The van der Waals surface area contributed by atoms with E-state index in [0.29, 0.717) is 17.5 Å². The second-order valence-electron chi connectivity index (χ2n) is 6.45. The summed E-state index contributed by atoms with van der Waals surface area (Å²) in [4.78, 5) is 18.6. The molecule has 0 unspecified atom stereocenters. The molecule has 6 nitrogen and oxygen atoms in total. The summed E-state index contributed by atoms with van der Waals surface area (Å²) in [6.45, 7) is 5.63. The van der Waals surface area contributed by atoms with Crippen molar-refractivity contribution in [1.82, 2.24) is 15.0 Å². The van der Waals surface area contributed by atoms with Crippen LogP contribution in [0, 0.1) is 12.8 Å². The number of likely N-dealkylation sites (tertiary alicyclic amines) is 1. The first-order chi connectivity index (χ1) is 11.6. The molecule has 0 N–H and O–H groups in total. The average molecular weight is 325 g/mol. The van der Waals surface area contributed by atoms with Crippen molar-refractivity contribution < 1.29 is 13.7 Å². The summed E-state index contributed by atoms with van der Waals surface area (Å²) in [7, 11) is 0. The van der Waals surface area contributed by atoms with E-state index < -0.39 is 0 Å². The largest absolute Gasteiger partial charge is 0.452 e. The van der Waals surface area contributed by atoms with E-state index in [1.165, 1.54) is 0 Å². The topological polar surface area (TPSA) is 72.4 Å². The molecule has 0 atom stereocenters. The lowest BCUT2D eigenvalue weighted by atomic mass is 9.99. The number of carbonyl (C=O) groups excluding carboxylic acids is 1. The van der Waals surface area contributed by atoms with E-state index in [1.807, 2.05) is 31.2 Å². The first kappa shape index (κ1) is 14.9. The van der Waals surface area contributed by atoms with Crippen LogP contribution in [-0.4, -0.2) is 34.0 Å². The number of hydrogen-bond donors (Lipinski definition) is 0. The highest BCUT2D eigenvalue weighted by atomic mass is 16.5. The molecule has 3 heterocycles. The fourth-order valence-corrected chi connectivity index (χ4v) is 3.14. The summed E-state index contributed by atoms with van der Waals surface area (Å²) in [6.07, 6.45) is 2.02. The van der Waals surface area contributed by atoms with Crippen LogP contribution in [-0.2, 0) is 0 Å². The van der Waals surface area contributed by atoms with E-state index in [9.17, 15) is 4.79 Å². The fourth-order valence-electron chi connectivity index (χ4n) is 3.14. The highest BCUT2D eigenvalue weighted by molar-refractivity contribution is 5.90. The van der Waals surface area contributed by atoms with Crippen molar-refractivity contribution in [2.45, 2.75) is 26.7 Å². The molecule has 2 aromatic heterocycles. The number of amides is 1. The van der Waals surface area contributed by atoms with Gasteiger partial charge in [-0.15, -0.1) is 0 Å². The molecule has 24 heavy (non-hydrogen) atoms. The minimum Gasteiger partial charge on any atom is -0.452 e. The van der Waals surface area contributed by atoms with Crippen LogP contribution in [0.4, 0.5) is 0 Å². The highest BCUT2D eigenvalue weighted by Gasteiger charge is 2.27. The SMILES string of the molecule is Cc1c(-c2noc(C(=O)N3CCC(C)CC3)n2)oc2ccccc12. The monoisotopic (exact) mass is 325 g/mol. The Morgan fingerprint density at radius 3 is 2.75 bits per heavy atom. The van der Waals surface area contributed by atoms with Gasteiger partial charge in [0.15, 0.2) is 5.76 Å². The Bertz CT molecular complexity index is 888. The summed E-state index contributed by atoms with van der Waals surface area (Å²) >= 11 is 0. The Hall–Kier alpha value is -2.63. The van der Waals surface area contributed by atoms with Gasteiger partial charge in [-0.3, -0.25) is 4.79 Å². The lowest BCUT2D eigenvalue weighted by molar-refractivity contribution is 0.0647. The maximum atomic E-state index is 12.5. The van der Waals surface area contributed by atoms with Gasteiger partial charge >= 0.3 is 11.8 Å². The van der Waals surface area contributed by atoms with E-state index in [-0.39, 0.29) is 11.8 Å². The number of hydrogen-bond acceptors (Lipinski definition) is 5. The van der Waals surface area contributed by atoms with Crippen molar-refractivity contribution in [2.24, 2.45) is 5.92 Å². The Labute approximate surface area is 139 Å². The maximum Gasteiger partial charge on any atom is 0.316 e. The molecular weight excluding hydrogens is 306 g/mol. The predicted molar refractivity (Wildman–Crippen MR) is 88.5 cm³/mol. The lowest BCUT2D eigenvalue weighted by Crippen LogP contribution is -2.38. The van der Waals surface area contributed by atoms with Crippen molar-refractivity contribution in [3.63, 3.8) is 0 Å². The minimum absolute atomic E-state index is 0.0272. The molecule has 6 heteroatoms. The predicted octanol–water partition coefficient (Wildman–Crippen LogP) is 3.66. The van der Waals surface area contributed by atoms with Gasteiger partial charge in [-0.1, -0.05) is 30.3 Å². The average Bonchev–Trinajstić information content (AvgIpc) is 3.20. The number of rotatable bonds is 2. The molecule has 0 saturated carbocycles. The van der Waals surface area contributed by atoms with Crippen LogP contribution in [0.5, 0.6) is 0 Å². The zero-order valence-corrected chi connectivity index (χ0v) is 13.8.